The van der Waals surface area contributed by atoms with E-state index in [4.69, 9.17) is 34.8 Å². The van der Waals surface area contributed by atoms with Gasteiger partial charge in [0.25, 0.3) is 5.69 Å². The molecular formula is C17H16Cl3N3O5S. The van der Waals surface area contributed by atoms with Crippen molar-refractivity contribution in [3.05, 3.63) is 61.1 Å². The Morgan fingerprint density at radius 2 is 1.76 bits per heavy atom. The molecule has 0 aromatic heterocycles. The number of nitro groups is 1. The monoisotopic (exact) mass is 479 g/mol. The summed E-state index contributed by atoms with van der Waals surface area (Å²) in [4.78, 5) is 22.5. The highest BCUT2D eigenvalue weighted by Gasteiger charge is 2.29. The summed E-state index contributed by atoms with van der Waals surface area (Å²) in [6.45, 7) is 2.32. The van der Waals surface area contributed by atoms with Crippen LogP contribution in [0.5, 0.6) is 0 Å². The molecule has 0 saturated heterocycles. The summed E-state index contributed by atoms with van der Waals surface area (Å²) in [5.74, 6) is -0.682. The standard InChI is InChI=1S/C17H16Cl3N3O5S/c1-3-22(9-16(24)21-17-12(18)5-4-6-13(17)19)29(27,28)11-7-14(20)10(2)15(8-11)23(25)26/h4-8H,3,9H2,1-2H3,(H,21,24). The largest absolute Gasteiger partial charge is 0.322 e. The lowest BCUT2D eigenvalue weighted by Crippen LogP contribution is -2.38. The van der Waals surface area contributed by atoms with Gasteiger partial charge in [0.05, 0.1) is 37.1 Å². The number of nitrogens with one attached hydrogen (secondary N) is 1. The van der Waals surface area contributed by atoms with Crippen LogP contribution in [0, 0.1) is 17.0 Å². The molecule has 0 aliphatic heterocycles. The van der Waals surface area contributed by atoms with E-state index in [-0.39, 0.29) is 37.8 Å². The van der Waals surface area contributed by atoms with Crippen LogP contribution in [-0.2, 0) is 14.8 Å². The molecule has 1 amide bonds. The molecule has 1 N–H and O–H groups in total. The number of carbonyl (C=O) groups is 1. The minimum absolute atomic E-state index is 0.0642. The van der Waals surface area contributed by atoms with Crippen LogP contribution in [0.1, 0.15) is 12.5 Å². The molecule has 0 atom stereocenters. The van der Waals surface area contributed by atoms with Crippen LogP contribution in [-0.4, -0.2) is 36.6 Å². The van der Waals surface area contributed by atoms with E-state index in [0.29, 0.717) is 0 Å². The second kappa shape index (κ2) is 9.27. The molecule has 12 heteroatoms. The summed E-state index contributed by atoms with van der Waals surface area (Å²) in [6.07, 6.45) is 0. The lowest BCUT2D eigenvalue weighted by molar-refractivity contribution is -0.385. The van der Waals surface area contributed by atoms with Gasteiger partial charge in [-0.1, -0.05) is 47.8 Å². The normalized spacial score (nSPS) is 11.5. The molecule has 0 bridgehead atoms. The molecule has 2 aromatic rings. The molecule has 8 nitrogen and oxygen atoms in total. The van der Waals surface area contributed by atoms with E-state index < -0.39 is 33.1 Å². The predicted molar refractivity (Wildman–Crippen MR) is 112 cm³/mol. The second-order valence-corrected chi connectivity index (χ2v) is 9.04. The quantitative estimate of drug-likeness (QED) is 0.463. The molecule has 0 saturated carbocycles. The maximum Gasteiger partial charge on any atom is 0.275 e. The first-order valence-electron chi connectivity index (χ1n) is 8.17. The molecule has 29 heavy (non-hydrogen) atoms. The van der Waals surface area contributed by atoms with Gasteiger partial charge in [-0.2, -0.15) is 4.31 Å². The van der Waals surface area contributed by atoms with Gasteiger partial charge in [-0.15, -0.1) is 0 Å². The molecule has 0 heterocycles. The van der Waals surface area contributed by atoms with Crippen LogP contribution >= 0.6 is 34.8 Å². The average molecular weight is 481 g/mol. The molecule has 2 rings (SSSR count). The highest BCUT2D eigenvalue weighted by molar-refractivity contribution is 7.89. The molecule has 0 fully saturated rings. The van der Waals surface area contributed by atoms with Crippen molar-refractivity contribution in [2.24, 2.45) is 0 Å². The zero-order chi connectivity index (χ0) is 21.9. The number of nitro benzene ring substituents is 1. The number of likely N-dealkylation sites (N-methyl/N-ethyl adjacent to an activating group) is 1. The summed E-state index contributed by atoms with van der Waals surface area (Å²) in [6, 6.07) is 6.67. The van der Waals surface area contributed by atoms with E-state index in [1.165, 1.54) is 26.0 Å². The summed E-state index contributed by atoms with van der Waals surface area (Å²) in [7, 11) is -4.24. The molecular weight excluding hydrogens is 465 g/mol. The van der Waals surface area contributed by atoms with Gasteiger partial charge in [0, 0.05) is 18.2 Å². The highest BCUT2D eigenvalue weighted by atomic mass is 35.5. The SMILES string of the molecule is CCN(CC(=O)Nc1c(Cl)cccc1Cl)S(=O)(=O)c1cc(Cl)c(C)c([N+](=O)[O-])c1. The lowest BCUT2D eigenvalue weighted by Gasteiger charge is -2.20. The van der Waals surface area contributed by atoms with E-state index in [9.17, 15) is 23.3 Å². The minimum Gasteiger partial charge on any atom is -0.322 e. The lowest BCUT2D eigenvalue weighted by atomic mass is 10.2. The summed E-state index contributed by atoms with van der Waals surface area (Å²) < 4.78 is 26.7. The van der Waals surface area contributed by atoms with Gasteiger partial charge in [-0.05, 0) is 25.1 Å². The number of anilines is 1. The van der Waals surface area contributed by atoms with Crippen LogP contribution in [0.3, 0.4) is 0 Å². The third-order valence-electron chi connectivity index (χ3n) is 4.02. The predicted octanol–water partition coefficient (Wildman–Crippen LogP) is 4.51. The molecule has 156 valence electrons. The van der Waals surface area contributed by atoms with E-state index in [1.54, 1.807) is 6.07 Å². The molecule has 0 aliphatic carbocycles. The van der Waals surface area contributed by atoms with Crippen LogP contribution in [0.25, 0.3) is 0 Å². The second-order valence-electron chi connectivity index (χ2n) is 5.88. The van der Waals surface area contributed by atoms with Gasteiger partial charge >= 0.3 is 0 Å². The Balaban J connectivity index is 2.33. The van der Waals surface area contributed by atoms with E-state index in [2.05, 4.69) is 5.32 Å². The molecule has 0 unspecified atom stereocenters. The fraction of sp³-hybridized carbons (Fsp3) is 0.235. The highest BCUT2D eigenvalue weighted by Crippen LogP contribution is 2.32. The van der Waals surface area contributed by atoms with Crippen molar-refractivity contribution in [1.82, 2.24) is 4.31 Å². The Bertz CT molecular complexity index is 1060. The van der Waals surface area contributed by atoms with E-state index in [0.717, 1.165) is 16.4 Å². The molecule has 0 spiro atoms. The Hall–Kier alpha value is -1.91. The zero-order valence-corrected chi connectivity index (χ0v) is 18.4. The summed E-state index contributed by atoms with van der Waals surface area (Å²) in [5, 5.41) is 14.0. The van der Waals surface area contributed by atoms with Gasteiger partial charge < -0.3 is 5.32 Å². The van der Waals surface area contributed by atoms with Gasteiger partial charge in [0.2, 0.25) is 15.9 Å². The van der Waals surface area contributed by atoms with Crippen LogP contribution in [0.2, 0.25) is 15.1 Å². The van der Waals surface area contributed by atoms with E-state index >= 15 is 0 Å². The Labute approximate surface area is 182 Å². The number of para-hydroxylation sites is 1. The Morgan fingerprint density at radius 3 is 2.28 bits per heavy atom. The van der Waals surface area contributed by atoms with Crippen molar-refractivity contribution in [2.75, 3.05) is 18.4 Å². The molecule has 0 aliphatic rings. The van der Waals surface area contributed by atoms with Crippen molar-refractivity contribution < 1.29 is 18.1 Å². The zero-order valence-electron chi connectivity index (χ0n) is 15.3. The fourth-order valence-electron chi connectivity index (χ4n) is 2.45. The number of benzene rings is 2. The molecule has 2 aromatic carbocycles. The first kappa shape index (κ1) is 23.4. The summed E-state index contributed by atoms with van der Waals surface area (Å²) >= 11 is 18.0. The number of nitrogens with zero attached hydrogens (tertiary/aromatic N) is 2. The third-order valence-corrected chi connectivity index (χ3v) is 6.95. The topological polar surface area (TPSA) is 110 Å². The number of rotatable bonds is 7. The number of carbonyl (C=O) groups excluding carboxylic acids is 1. The summed E-state index contributed by atoms with van der Waals surface area (Å²) in [5.41, 5.74) is -0.132. The van der Waals surface area contributed by atoms with Crippen molar-refractivity contribution >= 4 is 62.1 Å². The van der Waals surface area contributed by atoms with Gasteiger partial charge in [-0.25, -0.2) is 8.42 Å². The number of halogens is 3. The van der Waals surface area contributed by atoms with Crippen LogP contribution < -0.4 is 5.32 Å². The third kappa shape index (κ3) is 5.18. The number of hydrogen-bond acceptors (Lipinski definition) is 5. The van der Waals surface area contributed by atoms with E-state index in [1.807, 2.05) is 0 Å². The van der Waals surface area contributed by atoms with Gasteiger partial charge in [0.1, 0.15) is 0 Å². The van der Waals surface area contributed by atoms with Crippen LogP contribution in [0.15, 0.2) is 35.2 Å². The first-order valence-corrected chi connectivity index (χ1v) is 10.7. The average Bonchev–Trinajstić information content (AvgIpc) is 2.64. The molecule has 0 radical (unpaired) electrons. The maximum atomic E-state index is 12.9. The maximum absolute atomic E-state index is 12.9. The van der Waals surface area contributed by atoms with Crippen molar-refractivity contribution in [3.63, 3.8) is 0 Å². The fourth-order valence-corrected chi connectivity index (χ4v) is 4.67. The number of hydrogen-bond donors (Lipinski definition) is 1. The van der Waals surface area contributed by atoms with Crippen LogP contribution in [0.4, 0.5) is 11.4 Å². The minimum atomic E-state index is -4.24. The number of sulfonamides is 1. The smallest absolute Gasteiger partial charge is 0.275 e. The first-order chi connectivity index (χ1) is 13.5. The van der Waals surface area contributed by atoms with Gasteiger partial charge in [-0.3, -0.25) is 14.9 Å². The van der Waals surface area contributed by atoms with Crippen molar-refractivity contribution in [2.45, 2.75) is 18.7 Å². The number of amides is 1. The Kier molecular flexibility index (Phi) is 7.47. The van der Waals surface area contributed by atoms with Gasteiger partial charge in [0.15, 0.2) is 0 Å². The Morgan fingerprint density at radius 1 is 1.17 bits per heavy atom. The van der Waals surface area contributed by atoms with Crippen molar-refractivity contribution in [3.8, 4) is 0 Å². The van der Waals surface area contributed by atoms with Crippen molar-refractivity contribution in [1.29, 1.82) is 0 Å².